The predicted molar refractivity (Wildman–Crippen MR) is 352 cm³/mol. The van der Waals surface area contributed by atoms with Crippen LogP contribution < -0.4 is 0 Å². The third kappa shape index (κ3) is 64.3. The molecule has 0 radical (unpaired) electrons. The van der Waals surface area contributed by atoms with Crippen LogP contribution in [0.4, 0.5) is 0 Å². The summed E-state index contributed by atoms with van der Waals surface area (Å²) >= 11 is 0. The molecule has 0 fully saturated rings. The number of phosphoric acid groups is 1. The van der Waals surface area contributed by atoms with Crippen LogP contribution in [0.5, 0.6) is 0 Å². The van der Waals surface area contributed by atoms with Crippen LogP contribution in [0.1, 0.15) is 206 Å². The van der Waals surface area contributed by atoms with Crippen LogP contribution in [-0.2, 0) is 32.7 Å². The normalized spacial score (nSPS) is 14.5. The lowest BCUT2D eigenvalue weighted by Gasteiger charge is -2.24. The van der Waals surface area contributed by atoms with Gasteiger partial charge in [0.25, 0.3) is 0 Å². The number of carbonyl (C=O) groups excluding carboxylic acids is 2. The molecule has 9 nitrogen and oxygen atoms in total. The quantitative estimate of drug-likeness (QED) is 0.0211. The Kier molecular flexibility index (Phi) is 57.1. The fourth-order valence-electron chi connectivity index (χ4n) is 7.66. The second-order valence-corrected chi connectivity index (χ2v) is 22.8. The van der Waals surface area contributed by atoms with Crippen LogP contribution in [0.3, 0.4) is 0 Å². The van der Waals surface area contributed by atoms with E-state index in [1.807, 2.05) is 21.1 Å². The zero-order chi connectivity index (χ0) is 59.8. The number of quaternary nitrogens is 1. The van der Waals surface area contributed by atoms with Crippen molar-refractivity contribution < 1.29 is 42.1 Å². The summed E-state index contributed by atoms with van der Waals surface area (Å²) in [5.74, 6) is -0.854. The number of ether oxygens (including phenoxy) is 2. The summed E-state index contributed by atoms with van der Waals surface area (Å²) in [4.78, 5) is 35.7. The van der Waals surface area contributed by atoms with Gasteiger partial charge in [-0.1, -0.05) is 241 Å². The lowest BCUT2D eigenvalue weighted by Crippen LogP contribution is -2.37. The molecule has 0 aromatic carbocycles. The van der Waals surface area contributed by atoms with Crippen LogP contribution in [0.25, 0.3) is 0 Å². The van der Waals surface area contributed by atoms with E-state index >= 15 is 0 Å². The minimum Gasteiger partial charge on any atom is -0.462 e. The van der Waals surface area contributed by atoms with Crippen molar-refractivity contribution in [1.82, 2.24) is 0 Å². The Labute approximate surface area is 501 Å². The summed E-state index contributed by atoms with van der Waals surface area (Å²) in [6, 6.07) is 0. The molecular weight excluding hydrogens is 1040 g/mol. The molecule has 0 aliphatic carbocycles. The Morgan fingerprint density at radius 1 is 0.378 bits per heavy atom. The zero-order valence-corrected chi connectivity index (χ0v) is 53.0. The second kappa shape index (κ2) is 60.7. The van der Waals surface area contributed by atoms with Crippen molar-refractivity contribution in [2.45, 2.75) is 213 Å². The fourth-order valence-corrected chi connectivity index (χ4v) is 8.40. The average Bonchev–Trinajstić information content (AvgIpc) is 3.45. The summed E-state index contributed by atoms with van der Waals surface area (Å²) in [6.07, 6.45) is 94.1. The molecule has 1 N–H and O–H groups in total. The van der Waals surface area contributed by atoms with Crippen LogP contribution in [0, 0.1) is 0 Å². The van der Waals surface area contributed by atoms with E-state index in [2.05, 4.69) is 196 Å². The van der Waals surface area contributed by atoms with Crippen LogP contribution >= 0.6 is 7.82 Å². The number of allylic oxidation sites excluding steroid dienone is 30. The monoisotopic (exact) mass is 1150 g/mol. The smallest absolute Gasteiger partial charge is 0.462 e. The Morgan fingerprint density at radius 2 is 0.659 bits per heavy atom. The van der Waals surface area contributed by atoms with Gasteiger partial charge in [0, 0.05) is 12.8 Å². The Bertz CT molecular complexity index is 2030. The molecule has 0 spiro atoms. The third-order valence-electron chi connectivity index (χ3n) is 12.4. The largest absolute Gasteiger partial charge is 0.472 e. The highest BCUT2D eigenvalue weighted by molar-refractivity contribution is 7.47. The maximum Gasteiger partial charge on any atom is 0.472 e. The van der Waals surface area contributed by atoms with E-state index in [4.69, 9.17) is 18.5 Å². The first-order valence-corrected chi connectivity index (χ1v) is 33.0. The molecule has 0 amide bonds. The van der Waals surface area contributed by atoms with Crippen molar-refractivity contribution in [1.29, 1.82) is 0 Å². The van der Waals surface area contributed by atoms with Crippen molar-refractivity contribution in [2.24, 2.45) is 0 Å². The number of hydrogen-bond acceptors (Lipinski definition) is 7. The maximum atomic E-state index is 12.8. The highest BCUT2D eigenvalue weighted by Gasteiger charge is 2.27. The Hall–Kier alpha value is -4.89. The van der Waals surface area contributed by atoms with Gasteiger partial charge in [-0.2, -0.15) is 0 Å². The molecule has 10 heteroatoms. The molecule has 0 saturated carbocycles. The molecule has 0 aliphatic rings. The minimum absolute atomic E-state index is 0.0143. The summed E-state index contributed by atoms with van der Waals surface area (Å²) in [6.45, 7) is 4.13. The van der Waals surface area contributed by atoms with Crippen molar-refractivity contribution in [3.8, 4) is 0 Å². The average molecular weight is 1150 g/mol. The third-order valence-corrected chi connectivity index (χ3v) is 13.4. The van der Waals surface area contributed by atoms with Gasteiger partial charge in [-0.15, -0.1) is 0 Å². The maximum absolute atomic E-state index is 12.8. The van der Waals surface area contributed by atoms with Crippen molar-refractivity contribution in [3.63, 3.8) is 0 Å². The topological polar surface area (TPSA) is 108 Å². The van der Waals surface area contributed by atoms with Gasteiger partial charge < -0.3 is 18.9 Å². The van der Waals surface area contributed by atoms with E-state index in [9.17, 15) is 19.0 Å². The SMILES string of the molecule is CC/C=C\C/C=C\C/C=C\C/C=C\C/C=C\C/C=C\C/C=C\C/C=C\C/C=C\C/C=C\C/C=C\C/C=C\CCCCCCC(=O)OC(COC(=O)CCCCCCCCC/C=C\C/C=C\C/C=C\CC)COP(=O)(O)OCC[N+](C)(C)C. The van der Waals surface area contributed by atoms with Gasteiger partial charge in [0.05, 0.1) is 27.7 Å². The molecule has 0 bridgehead atoms. The van der Waals surface area contributed by atoms with Crippen LogP contribution in [0.15, 0.2) is 182 Å². The van der Waals surface area contributed by atoms with Gasteiger partial charge in [0.15, 0.2) is 6.10 Å². The number of nitrogens with zero attached hydrogens (tertiary/aromatic N) is 1. The number of esters is 2. The first kappa shape index (κ1) is 77.1. The number of phosphoric ester groups is 1. The first-order valence-electron chi connectivity index (χ1n) is 31.5. The van der Waals surface area contributed by atoms with E-state index in [1.54, 1.807) is 0 Å². The summed E-state index contributed by atoms with van der Waals surface area (Å²) in [5.41, 5.74) is 0. The number of hydrogen-bond donors (Lipinski definition) is 1. The molecule has 2 unspecified atom stereocenters. The molecule has 0 aromatic rings. The van der Waals surface area contributed by atoms with Gasteiger partial charge in [-0.05, 0) is 135 Å². The van der Waals surface area contributed by atoms with Gasteiger partial charge >= 0.3 is 19.8 Å². The van der Waals surface area contributed by atoms with Crippen molar-refractivity contribution >= 4 is 19.8 Å². The van der Waals surface area contributed by atoms with E-state index < -0.39 is 32.5 Å². The van der Waals surface area contributed by atoms with E-state index in [-0.39, 0.29) is 26.1 Å². The number of likely N-dealkylation sites (N-methyl/N-ethyl adjacent to an activating group) is 1. The van der Waals surface area contributed by atoms with E-state index in [0.29, 0.717) is 23.9 Å². The lowest BCUT2D eigenvalue weighted by atomic mass is 10.1. The van der Waals surface area contributed by atoms with Gasteiger partial charge in [0.2, 0.25) is 0 Å². The summed E-state index contributed by atoms with van der Waals surface area (Å²) < 4.78 is 34.5. The fraction of sp³-hybridized carbons (Fsp3) is 0.556. The number of rotatable bonds is 55. The molecule has 460 valence electrons. The molecule has 0 aliphatic heterocycles. The Morgan fingerprint density at radius 3 is 0.976 bits per heavy atom. The van der Waals surface area contributed by atoms with E-state index in [0.717, 1.165) is 148 Å². The highest BCUT2D eigenvalue weighted by atomic mass is 31.2. The summed E-state index contributed by atoms with van der Waals surface area (Å²) in [5, 5.41) is 0. The first-order chi connectivity index (χ1) is 40.0. The number of carbonyl (C=O) groups is 2. The van der Waals surface area contributed by atoms with Crippen LogP contribution in [-0.4, -0.2) is 74.9 Å². The molecule has 0 saturated heterocycles. The second-order valence-electron chi connectivity index (χ2n) is 21.3. The van der Waals surface area contributed by atoms with Crippen LogP contribution in [0.2, 0.25) is 0 Å². The van der Waals surface area contributed by atoms with Crippen molar-refractivity contribution in [3.05, 3.63) is 182 Å². The van der Waals surface area contributed by atoms with Crippen molar-refractivity contribution in [2.75, 3.05) is 47.5 Å². The van der Waals surface area contributed by atoms with Gasteiger partial charge in [-0.25, -0.2) is 4.57 Å². The molecule has 0 aromatic heterocycles. The lowest BCUT2D eigenvalue weighted by molar-refractivity contribution is -0.870. The zero-order valence-electron chi connectivity index (χ0n) is 52.1. The van der Waals surface area contributed by atoms with Gasteiger partial charge in [-0.3, -0.25) is 18.6 Å². The predicted octanol–water partition coefficient (Wildman–Crippen LogP) is 20.4. The Balaban J connectivity index is 4.21. The standard InChI is InChI=1S/C72H114NO8P/c1-6-8-10-12-14-16-18-20-22-24-25-26-27-28-29-30-31-32-33-34-35-36-37-38-39-40-41-42-43-44-45-46-47-49-51-53-55-57-59-61-63-65-72(75)81-70(69-80-82(76,77)79-67-66-73(3,4)5)68-78-71(74)64-62-60-58-56-54-52-50-48-23-21-19-17-15-13-11-9-7-2/h8-11,14-17,20-23,25-26,28-29,31-32,34-35,37-38,40-41,43-44,46-47,51,53,70H,6-7,12-13,18-19,24,27,30,33,36,39,42,45,48-50,52,54-69H2,1-5H3/p+1/b10-8-,11-9-,16-14-,17-15-,22-20-,23-21-,26-25-,29-28-,32-31-,35-34-,38-37-,41-40-,44-43-,47-46-,53-51-. The van der Waals surface area contributed by atoms with E-state index in [1.165, 1.54) is 19.3 Å². The summed E-state index contributed by atoms with van der Waals surface area (Å²) in [7, 11) is 1.42. The molecule has 0 heterocycles. The molecule has 82 heavy (non-hydrogen) atoms. The molecular formula is C72H115NO8P+. The minimum atomic E-state index is -4.41. The van der Waals surface area contributed by atoms with Gasteiger partial charge in [0.1, 0.15) is 19.8 Å². The number of unbranched alkanes of at least 4 members (excludes halogenated alkanes) is 11. The molecule has 0 rings (SSSR count). The molecule has 2 atom stereocenters. The highest BCUT2D eigenvalue weighted by Crippen LogP contribution is 2.43.